The minimum Gasteiger partial charge on any atom is -0.340 e. The largest absolute Gasteiger partial charge is 0.340 e. The van der Waals surface area contributed by atoms with E-state index in [0.717, 1.165) is 18.1 Å². The number of carbonyl (C=O) groups excluding carboxylic acids is 1. The van der Waals surface area contributed by atoms with Gasteiger partial charge in [0.05, 0.1) is 6.54 Å². The number of hydrogen-bond acceptors (Lipinski definition) is 3. The van der Waals surface area contributed by atoms with E-state index >= 15 is 0 Å². The van der Waals surface area contributed by atoms with Crippen molar-refractivity contribution in [2.24, 2.45) is 4.99 Å². The van der Waals surface area contributed by atoms with Crippen LogP contribution in [0, 0.1) is 0 Å². The number of hydrogen-bond donors (Lipinski definition) is 1. The van der Waals surface area contributed by atoms with Crippen LogP contribution in [0.25, 0.3) is 0 Å². The molecule has 2 aliphatic rings. The third-order valence-corrected chi connectivity index (χ3v) is 2.76. The van der Waals surface area contributed by atoms with Gasteiger partial charge in [-0.1, -0.05) is 30.3 Å². The Morgan fingerprint density at radius 3 is 2.87 bits per heavy atom. The monoisotopic (exact) mass is 201 g/mol. The molecule has 0 bridgehead atoms. The van der Waals surface area contributed by atoms with Crippen LogP contribution < -0.4 is 5.32 Å². The van der Waals surface area contributed by atoms with Crippen LogP contribution in [-0.4, -0.2) is 29.9 Å². The lowest BCUT2D eigenvalue weighted by Crippen LogP contribution is -2.28. The zero-order chi connectivity index (χ0) is 10.3. The van der Waals surface area contributed by atoms with E-state index in [-0.39, 0.29) is 11.9 Å². The fraction of sp³-hybridized carbons (Fsp3) is 0.273. The topological polar surface area (TPSA) is 44.7 Å². The van der Waals surface area contributed by atoms with Gasteiger partial charge >= 0.3 is 0 Å². The van der Waals surface area contributed by atoms with Crippen molar-refractivity contribution in [2.45, 2.75) is 6.04 Å². The average Bonchev–Trinajstić information content (AvgIpc) is 2.83. The molecule has 76 valence electrons. The quantitative estimate of drug-likeness (QED) is 0.720. The molecule has 2 heterocycles. The smallest absolute Gasteiger partial charge is 0.256 e. The molecule has 1 N–H and O–H groups in total. The second kappa shape index (κ2) is 3.08. The van der Waals surface area contributed by atoms with E-state index in [9.17, 15) is 4.79 Å². The van der Waals surface area contributed by atoms with Gasteiger partial charge in [0, 0.05) is 6.54 Å². The van der Waals surface area contributed by atoms with Gasteiger partial charge in [0.25, 0.3) is 5.91 Å². The van der Waals surface area contributed by atoms with Crippen molar-refractivity contribution in [2.75, 3.05) is 13.1 Å². The molecule has 1 aromatic rings. The Morgan fingerprint density at radius 2 is 2.13 bits per heavy atom. The third-order valence-electron chi connectivity index (χ3n) is 2.76. The van der Waals surface area contributed by atoms with Crippen molar-refractivity contribution in [3.63, 3.8) is 0 Å². The van der Waals surface area contributed by atoms with Crippen LogP contribution in [0.15, 0.2) is 35.3 Å². The average molecular weight is 201 g/mol. The van der Waals surface area contributed by atoms with Gasteiger partial charge in [-0.25, -0.2) is 0 Å². The van der Waals surface area contributed by atoms with E-state index in [0.29, 0.717) is 6.54 Å². The van der Waals surface area contributed by atoms with Gasteiger partial charge in [-0.3, -0.25) is 14.7 Å². The first kappa shape index (κ1) is 8.47. The van der Waals surface area contributed by atoms with Crippen molar-refractivity contribution in [3.05, 3.63) is 35.9 Å². The highest BCUT2D eigenvalue weighted by Crippen LogP contribution is 2.23. The lowest BCUT2D eigenvalue weighted by molar-refractivity contribution is -0.127. The molecule has 15 heavy (non-hydrogen) atoms. The van der Waals surface area contributed by atoms with Crippen molar-refractivity contribution >= 4 is 11.9 Å². The molecule has 0 aliphatic carbocycles. The number of nitrogens with zero attached hydrogens (tertiary/aromatic N) is 2. The maximum absolute atomic E-state index is 12.0. The Bertz CT molecular complexity index is 427. The van der Waals surface area contributed by atoms with Gasteiger partial charge < -0.3 is 5.32 Å². The van der Waals surface area contributed by atoms with Gasteiger partial charge in [-0.05, 0) is 5.56 Å². The van der Waals surface area contributed by atoms with Crippen molar-refractivity contribution in [3.8, 4) is 0 Å². The summed E-state index contributed by atoms with van der Waals surface area (Å²) in [5.74, 6) is 0.839. The van der Waals surface area contributed by atoms with Crippen LogP contribution in [0.4, 0.5) is 0 Å². The SMILES string of the molecule is O=C1[C@@H](c2ccccc2)NC2=NCCN12. The Morgan fingerprint density at radius 1 is 1.33 bits per heavy atom. The molecule has 4 nitrogen and oxygen atoms in total. The molecule has 0 radical (unpaired) electrons. The minimum atomic E-state index is -0.245. The summed E-state index contributed by atoms with van der Waals surface area (Å²) in [6.45, 7) is 1.43. The molecule has 1 aromatic carbocycles. The van der Waals surface area contributed by atoms with Crippen LogP contribution >= 0.6 is 0 Å². The standard InChI is InChI=1S/C11H11N3O/c15-10-9(8-4-2-1-3-5-8)13-11-12-6-7-14(10)11/h1-5,9H,6-7H2,(H,12,13)/t9-/m1/s1. The zero-order valence-corrected chi connectivity index (χ0v) is 8.18. The Hall–Kier alpha value is -1.84. The van der Waals surface area contributed by atoms with Crippen molar-refractivity contribution < 1.29 is 4.79 Å². The Kier molecular flexibility index (Phi) is 1.74. The molecule has 1 fully saturated rings. The molecule has 1 atom stereocenters. The van der Waals surface area contributed by atoms with Gasteiger partial charge in [-0.15, -0.1) is 0 Å². The second-order valence-corrected chi connectivity index (χ2v) is 3.68. The first-order chi connectivity index (χ1) is 7.36. The number of aliphatic imine (C=N–C) groups is 1. The minimum absolute atomic E-state index is 0.109. The molecule has 0 saturated carbocycles. The molecular weight excluding hydrogens is 190 g/mol. The van der Waals surface area contributed by atoms with E-state index in [2.05, 4.69) is 10.3 Å². The number of benzene rings is 1. The number of carbonyl (C=O) groups is 1. The summed E-state index contributed by atoms with van der Waals surface area (Å²) in [6, 6.07) is 9.49. The van der Waals surface area contributed by atoms with Crippen molar-refractivity contribution in [1.29, 1.82) is 0 Å². The second-order valence-electron chi connectivity index (χ2n) is 3.68. The highest BCUT2D eigenvalue weighted by atomic mass is 16.2. The Balaban J connectivity index is 1.94. The van der Waals surface area contributed by atoms with E-state index in [1.165, 1.54) is 0 Å². The summed E-state index contributed by atoms with van der Waals surface area (Å²) in [6.07, 6.45) is 0. The van der Waals surface area contributed by atoms with Crippen molar-refractivity contribution in [1.82, 2.24) is 10.2 Å². The van der Waals surface area contributed by atoms with Gasteiger partial charge in [-0.2, -0.15) is 0 Å². The first-order valence-electron chi connectivity index (χ1n) is 5.03. The van der Waals surface area contributed by atoms with Crippen LogP contribution in [-0.2, 0) is 4.79 Å². The predicted octanol–water partition coefficient (Wildman–Crippen LogP) is 0.529. The van der Waals surface area contributed by atoms with Crippen LogP contribution in [0.2, 0.25) is 0 Å². The lowest BCUT2D eigenvalue weighted by Gasteiger charge is -2.09. The highest BCUT2D eigenvalue weighted by molar-refractivity contribution is 6.07. The van der Waals surface area contributed by atoms with Gasteiger partial charge in [0.2, 0.25) is 5.96 Å². The normalized spacial score (nSPS) is 23.7. The van der Waals surface area contributed by atoms with E-state index < -0.39 is 0 Å². The van der Waals surface area contributed by atoms with E-state index in [4.69, 9.17) is 0 Å². The molecule has 0 spiro atoms. The molecule has 0 aromatic heterocycles. The zero-order valence-electron chi connectivity index (χ0n) is 8.18. The fourth-order valence-electron chi connectivity index (χ4n) is 2.00. The van der Waals surface area contributed by atoms with Crippen LogP contribution in [0.5, 0.6) is 0 Å². The Labute approximate surface area is 87.6 Å². The van der Waals surface area contributed by atoms with Crippen LogP contribution in [0.1, 0.15) is 11.6 Å². The molecule has 1 amide bonds. The third kappa shape index (κ3) is 1.21. The van der Waals surface area contributed by atoms with Gasteiger partial charge in [0.1, 0.15) is 6.04 Å². The fourth-order valence-corrected chi connectivity index (χ4v) is 2.00. The van der Waals surface area contributed by atoms with Crippen LogP contribution in [0.3, 0.4) is 0 Å². The van der Waals surface area contributed by atoms with E-state index in [1.807, 2.05) is 30.3 Å². The molecule has 0 unspecified atom stereocenters. The lowest BCUT2D eigenvalue weighted by atomic mass is 10.1. The number of guanidine groups is 1. The number of nitrogens with one attached hydrogen (secondary N) is 1. The summed E-state index contributed by atoms with van der Waals surface area (Å²) in [4.78, 5) is 17.9. The number of rotatable bonds is 1. The summed E-state index contributed by atoms with van der Waals surface area (Å²) in [5.41, 5.74) is 1.000. The molecule has 1 saturated heterocycles. The van der Waals surface area contributed by atoms with Gasteiger partial charge in [0.15, 0.2) is 0 Å². The summed E-state index contributed by atoms with van der Waals surface area (Å²) in [5, 5.41) is 3.15. The molecular formula is C11H11N3O. The summed E-state index contributed by atoms with van der Waals surface area (Å²) in [7, 11) is 0. The molecule has 2 aliphatic heterocycles. The first-order valence-corrected chi connectivity index (χ1v) is 5.03. The maximum atomic E-state index is 12.0. The molecule has 4 heteroatoms. The summed E-state index contributed by atoms with van der Waals surface area (Å²) >= 11 is 0. The number of fused-ring (bicyclic) bond motifs is 1. The number of amides is 1. The maximum Gasteiger partial charge on any atom is 0.256 e. The molecule has 3 rings (SSSR count). The summed E-state index contributed by atoms with van der Waals surface area (Å²) < 4.78 is 0. The predicted molar refractivity (Wildman–Crippen MR) is 56.3 cm³/mol. The highest BCUT2D eigenvalue weighted by Gasteiger charge is 2.38. The van der Waals surface area contributed by atoms with E-state index in [1.54, 1.807) is 4.90 Å².